The lowest BCUT2D eigenvalue weighted by molar-refractivity contribution is -0.253. The first-order valence-electron chi connectivity index (χ1n) is 14.8. The van der Waals surface area contributed by atoms with E-state index < -0.39 is 12.3 Å². The van der Waals surface area contributed by atoms with Crippen LogP contribution < -0.4 is 10.2 Å². The Morgan fingerprint density at radius 2 is 1.56 bits per heavy atom. The SMILES string of the molecule is O=C(O)CCCC(=O)NCc1ccc(C2OC(CN3CCN(c4ncccn4)CC3)CC(c3ccc(CO)cc3)O2)cc1. The summed E-state index contributed by atoms with van der Waals surface area (Å²) in [6.45, 7) is 4.60. The van der Waals surface area contributed by atoms with Gasteiger partial charge in [-0.1, -0.05) is 48.5 Å². The van der Waals surface area contributed by atoms with Gasteiger partial charge in [-0.2, -0.15) is 0 Å². The molecule has 2 saturated heterocycles. The number of carbonyl (C=O) groups excluding carboxylic acids is 1. The van der Waals surface area contributed by atoms with Crippen molar-refractivity contribution in [2.75, 3.05) is 37.6 Å². The van der Waals surface area contributed by atoms with Crippen LogP contribution in [-0.2, 0) is 32.2 Å². The summed E-state index contributed by atoms with van der Waals surface area (Å²) in [5.74, 6) is -0.306. The van der Waals surface area contributed by atoms with E-state index in [4.69, 9.17) is 14.6 Å². The minimum atomic E-state index is -0.900. The highest BCUT2D eigenvalue weighted by molar-refractivity contribution is 5.76. The highest BCUT2D eigenvalue weighted by atomic mass is 16.7. The van der Waals surface area contributed by atoms with Gasteiger partial charge in [-0.3, -0.25) is 14.5 Å². The molecule has 3 N–H and O–H groups in total. The fourth-order valence-electron chi connectivity index (χ4n) is 5.39. The van der Waals surface area contributed by atoms with Crippen LogP contribution in [0.4, 0.5) is 5.95 Å². The quantitative estimate of drug-likeness (QED) is 0.289. The first-order valence-corrected chi connectivity index (χ1v) is 14.8. The van der Waals surface area contributed by atoms with E-state index in [9.17, 15) is 14.7 Å². The van der Waals surface area contributed by atoms with Gasteiger partial charge in [0.2, 0.25) is 11.9 Å². The molecule has 0 radical (unpaired) electrons. The number of aromatic nitrogens is 2. The Balaban J connectivity index is 1.21. The number of aliphatic hydroxyl groups excluding tert-OH is 1. The number of hydrogen-bond donors (Lipinski definition) is 3. The molecular formula is C32H39N5O6. The number of piperazine rings is 1. The number of benzene rings is 2. The van der Waals surface area contributed by atoms with E-state index in [-0.39, 0.29) is 37.6 Å². The van der Waals surface area contributed by atoms with Crippen LogP contribution in [0.3, 0.4) is 0 Å². The van der Waals surface area contributed by atoms with Crippen LogP contribution in [0.2, 0.25) is 0 Å². The Morgan fingerprint density at radius 3 is 2.23 bits per heavy atom. The molecule has 3 atom stereocenters. The van der Waals surface area contributed by atoms with E-state index >= 15 is 0 Å². The molecule has 1 aromatic heterocycles. The second kappa shape index (κ2) is 15.0. The maximum absolute atomic E-state index is 12.0. The fourth-order valence-corrected chi connectivity index (χ4v) is 5.39. The number of amides is 1. The molecule has 0 spiro atoms. The summed E-state index contributed by atoms with van der Waals surface area (Å²) in [6, 6.07) is 17.5. The van der Waals surface area contributed by atoms with E-state index in [0.717, 1.165) is 60.9 Å². The third-order valence-electron chi connectivity index (χ3n) is 7.82. The molecule has 1 amide bonds. The molecule has 43 heavy (non-hydrogen) atoms. The molecule has 5 rings (SSSR count). The molecule has 0 bridgehead atoms. The lowest BCUT2D eigenvalue weighted by Crippen LogP contribution is -2.50. The molecular weight excluding hydrogens is 550 g/mol. The second-order valence-corrected chi connectivity index (χ2v) is 11.0. The van der Waals surface area contributed by atoms with Gasteiger partial charge in [0.1, 0.15) is 0 Å². The Labute approximate surface area is 251 Å². The van der Waals surface area contributed by atoms with E-state index in [2.05, 4.69) is 25.1 Å². The highest BCUT2D eigenvalue weighted by Gasteiger charge is 2.34. The summed E-state index contributed by atoms with van der Waals surface area (Å²) in [5.41, 5.74) is 3.72. The van der Waals surface area contributed by atoms with Gasteiger partial charge in [-0.15, -0.1) is 0 Å². The molecule has 3 unspecified atom stereocenters. The number of aliphatic hydroxyl groups is 1. The molecule has 11 heteroatoms. The summed E-state index contributed by atoms with van der Waals surface area (Å²) in [6.07, 6.45) is 3.96. The fraction of sp³-hybridized carbons (Fsp3) is 0.438. The van der Waals surface area contributed by atoms with Gasteiger partial charge >= 0.3 is 5.97 Å². The summed E-state index contributed by atoms with van der Waals surface area (Å²) >= 11 is 0. The molecule has 2 fully saturated rings. The van der Waals surface area contributed by atoms with Gasteiger partial charge in [-0.05, 0) is 29.2 Å². The van der Waals surface area contributed by atoms with E-state index in [1.165, 1.54) is 0 Å². The number of hydrogen-bond acceptors (Lipinski definition) is 9. The normalized spacial score (nSPS) is 21.0. The van der Waals surface area contributed by atoms with Crippen LogP contribution in [0.5, 0.6) is 0 Å². The van der Waals surface area contributed by atoms with Crippen molar-refractivity contribution in [1.82, 2.24) is 20.2 Å². The first kappa shape index (κ1) is 30.6. The first-order chi connectivity index (χ1) is 21.0. The second-order valence-electron chi connectivity index (χ2n) is 11.0. The number of aliphatic carboxylic acids is 1. The lowest BCUT2D eigenvalue weighted by atomic mass is 9.99. The summed E-state index contributed by atoms with van der Waals surface area (Å²) in [7, 11) is 0. The van der Waals surface area contributed by atoms with Crippen molar-refractivity contribution in [2.45, 2.75) is 57.3 Å². The third-order valence-corrected chi connectivity index (χ3v) is 7.82. The largest absolute Gasteiger partial charge is 0.481 e. The maximum atomic E-state index is 12.0. The predicted octanol–water partition coefficient (Wildman–Crippen LogP) is 3.21. The topological polar surface area (TPSA) is 137 Å². The number of carboxylic acids is 1. The smallest absolute Gasteiger partial charge is 0.303 e. The monoisotopic (exact) mass is 589 g/mol. The minimum absolute atomic E-state index is 0.00466. The lowest BCUT2D eigenvalue weighted by Gasteiger charge is -2.40. The standard InChI is InChI=1S/C32H39N5O6/c38-22-24-7-9-25(10-8-24)28-19-27(21-36-15-17-37(18-16-36)32-33-13-2-14-34-32)42-31(43-28)26-11-5-23(6-12-26)20-35-29(39)3-1-4-30(40)41/h2,5-14,27-28,31,38H,1,3-4,15-22H2,(H,35,39)(H,40,41). The van der Waals surface area contributed by atoms with Crippen molar-refractivity contribution < 1.29 is 29.3 Å². The maximum Gasteiger partial charge on any atom is 0.303 e. The van der Waals surface area contributed by atoms with Gasteiger partial charge in [-0.25, -0.2) is 9.97 Å². The molecule has 2 aliphatic heterocycles. The van der Waals surface area contributed by atoms with Gasteiger partial charge < -0.3 is 29.9 Å². The average Bonchev–Trinajstić information content (AvgIpc) is 3.04. The minimum Gasteiger partial charge on any atom is -0.481 e. The van der Waals surface area contributed by atoms with Gasteiger partial charge in [0, 0.05) is 76.5 Å². The van der Waals surface area contributed by atoms with E-state index in [0.29, 0.717) is 19.4 Å². The predicted molar refractivity (Wildman–Crippen MR) is 159 cm³/mol. The summed E-state index contributed by atoms with van der Waals surface area (Å²) in [5, 5.41) is 21.1. The molecule has 3 heterocycles. The molecule has 228 valence electrons. The van der Waals surface area contributed by atoms with Crippen molar-refractivity contribution in [2.24, 2.45) is 0 Å². The number of nitrogens with zero attached hydrogens (tertiary/aromatic N) is 4. The van der Waals surface area contributed by atoms with Gasteiger partial charge in [0.05, 0.1) is 18.8 Å². The van der Waals surface area contributed by atoms with Crippen molar-refractivity contribution >= 4 is 17.8 Å². The van der Waals surface area contributed by atoms with Crippen molar-refractivity contribution in [1.29, 1.82) is 0 Å². The molecule has 0 aliphatic carbocycles. The van der Waals surface area contributed by atoms with E-state index in [1.807, 2.05) is 54.6 Å². The number of ether oxygens (including phenoxy) is 2. The van der Waals surface area contributed by atoms with Crippen LogP contribution in [0, 0.1) is 0 Å². The molecule has 2 aromatic carbocycles. The van der Waals surface area contributed by atoms with Crippen molar-refractivity contribution in [3.05, 3.63) is 89.2 Å². The van der Waals surface area contributed by atoms with Gasteiger partial charge in [0.25, 0.3) is 0 Å². The molecule has 3 aromatic rings. The number of anilines is 1. The van der Waals surface area contributed by atoms with Crippen LogP contribution >= 0.6 is 0 Å². The molecule has 2 aliphatic rings. The third kappa shape index (κ3) is 8.80. The van der Waals surface area contributed by atoms with Crippen LogP contribution in [0.15, 0.2) is 67.0 Å². The Bertz CT molecular complexity index is 1320. The Morgan fingerprint density at radius 1 is 0.884 bits per heavy atom. The number of rotatable bonds is 12. The Kier molecular flexibility index (Phi) is 10.7. The molecule has 0 saturated carbocycles. The highest BCUT2D eigenvalue weighted by Crippen LogP contribution is 2.38. The summed E-state index contributed by atoms with van der Waals surface area (Å²) in [4.78, 5) is 36.1. The zero-order chi connectivity index (χ0) is 30.0. The Hall–Kier alpha value is -3.90. The number of carboxylic acid groups (broad SMARTS) is 1. The van der Waals surface area contributed by atoms with Gasteiger partial charge in [0.15, 0.2) is 6.29 Å². The number of carbonyl (C=O) groups is 2. The van der Waals surface area contributed by atoms with E-state index in [1.54, 1.807) is 12.4 Å². The zero-order valence-electron chi connectivity index (χ0n) is 24.2. The average molecular weight is 590 g/mol. The van der Waals surface area contributed by atoms with Crippen LogP contribution in [0.25, 0.3) is 0 Å². The van der Waals surface area contributed by atoms with Crippen molar-refractivity contribution in [3.8, 4) is 0 Å². The molecule has 11 nitrogen and oxygen atoms in total. The van der Waals surface area contributed by atoms with Crippen LogP contribution in [0.1, 0.15) is 60.3 Å². The zero-order valence-corrected chi connectivity index (χ0v) is 24.2. The summed E-state index contributed by atoms with van der Waals surface area (Å²) < 4.78 is 13.0. The number of nitrogens with one attached hydrogen (secondary N) is 1. The van der Waals surface area contributed by atoms with Crippen molar-refractivity contribution in [3.63, 3.8) is 0 Å². The van der Waals surface area contributed by atoms with Crippen LogP contribution in [-0.4, -0.2) is 75.8 Å².